The highest BCUT2D eigenvalue weighted by Crippen LogP contribution is 2.59. The predicted molar refractivity (Wildman–Crippen MR) is 81.2 cm³/mol. The molecule has 0 heteroatoms. The van der Waals surface area contributed by atoms with Crippen LogP contribution in [0.5, 0.6) is 0 Å². The molecule has 2 bridgehead atoms. The molecule has 2 saturated carbocycles. The highest BCUT2D eigenvalue weighted by atomic mass is 14.5. The van der Waals surface area contributed by atoms with Gasteiger partial charge in [-0.15, -0.1) is 0 Å². The molecule has 19 heavy (non-hydrogen) atoms. The highest BCUT2D eigenvalue weighted by molar-refractivity contribution is 5.86. The Bertz CT molecular complexity index is 605. The van der Waals surface area contributed by atoms with Crippen LogP contribution >= 0.6 is 0 Å². The Morgan fingerprint density at radius 1 is 0.842 bits per heavy atom. The standard InChI is InChI=1S/C19H22/c1-12-13(2)18-10-15(12)11-19(18)17-9-5-7-14-6-3-4-8-16(14)17/h3-9,12-13,15,18-19H,10-11H2,1-2H3/t12?,13?,15-,18+,19+/m0/s1. The van der Waals surface area contributed by atoms with Crippen molar-refractivity contribution in [1.29, 1.82) is 0 Å². The van der Waals surface area contributed by atoms with Crippen LogP contribution in [0.15, 0.2) is 42.5 Å². The topological polar surface area (TPSA) is 0 Å². The molecule has 0 radical (unpaired) electrons. The minimum Gasteiger partial charge on any atom is -0.0620 e. The van der Waals surface area contributed by atoms with Crippen molar-refractivity contribution in [3.05, 3.63) is 48.0 Å². The molecule has 2 aromatic carbocycles. The Labute approximate surface area is 115 Å². The van der Waals surface area contributed by atoms with E-state index in [2.05, 4.69) is 56.3 Å². The lowest BCUT2D eigenvalue weighted by Crippen LogP contribution is -2.23. The van der Waals surface area contributed by atoms with Gasteiger partial charge in [0, 0.05) is 0 Å². The summed E-state index contributed by atoms with van der Waals surface area (Å²) in [6.07, 6.45) is 2.89. The van der Waals surface area contributed by atoms with E-state index in [0.29, 0.717) is 0 Å². The molecule has 0 amide bonds. The summed E-state index contributed by atoms with van der Waals surface area (Å²) in [5.74, 6) is 4.55. The fourth-order valence-corrected chi connectivity index (χ4v) is 4.87. The molecule has 2 aromatic rings. The van der Waals surface area contributed by atoms with Gasteiger partial charge in [-0.05, 0) is 58.8 Å². The van der Waals surface area contributed by atoms with Crippen molar-refractivity contribution in [1.82, 2.24) is 0 Å². The molecule has 0 N–H and O–H groups in total. The zero-order valence-electron chi connectivity index (χ0n) is 11.8. The first-order chi connectivity index (χ1) is 9.25. The molecular formula is C19H22. The minimum atomic E-state index is 0.808. The SMILES string of the molecule is CC1C(C)[C@H]2C[C@H]1C[C@@H]2c1cccc2ccccc12. The highest BCUT2D eigenvalue weighted by Gasteiger charge is 2.49. The second-order valence-electron chi connectivity index (χ2n) is 6.79. The molecule has 0 saturated heterocycles. The van der Waals surface area contributed by atoms with Gasteiger partial charge in [-0.1, -0.05) is 56.3 Å². The van der Waals surface area contributed by atoms with Gasteiger partial charge in [-0.25, -0.2) is 0 Å². The maximum atomic E-state index is 2.48. The van der Waals surface area contributed by atoms with Crippen LogP contribution in [0.1, 0.15) is 38.2 Å². The molecular weight excluding hydrogens is 228 g/mol. The monoisotopic (exact) mass is 250 g/mol. The second kappa shape index (κ2) is 4.10. The van der Waals surface area contributed by atoms with Gasteiger partial charge in [0.15, 0.2) is 0 Å². The van der Waals surface area contributed by atoms with E-state index in [9.17, 15) is 0 Å². The summed E-state index contributed by atoms with van der Waals surface area (Å²) in [4.78, 5) is 0. The molecule has 5 atom stereocenters. The van der Waals surface area contributed by atoms with Gasteiger partial charge in [0.1, 0.15) is 0 Å². The summed E-state index contributed by atoms with van der Waals surface area (Å²) in [6.45, 7) is 4.95. The summed E-state index contributed by atoms with van der Waals surface area (Å²) in [6, 6.07) is 15.8. The van der Waals surface area contributed by atoms with Crippen molar-refractivity contribution in [3.8, 4) is 0 Å². The summed E-state index contributed by atoms with van der Waals surface area (Å²) in [5.41, 5.74) is 1.62. The molecule has 2 fully saturated rings. The van der Waals surface area contributed by atoms with Crippen LogP contribution in [-0.2, 0) is 0 Å². The third-order valence-electron chi connectivity index (χ3n) is 6.12. The summed E-state index contributed by atoms with van der Waals surface area (Å²) < 4.78 is 0. The van der Waals surface area contributed by atoms with E-state index >= 15 is 0 Å². The second-order valence-corrected chi connectivity index (χ2v) is 6.79. The molecule has 2 aliphatic rings. The van der Waals surface area contributed by atoms with E-state index < -0.39 is 0 Å². The van der Waals surface area contributed by atoms with Crippen LogP contribution in [0.25, 0.3) is 10.8 Å². The van der Waals surface area contributed by atoms with E-state index in [4.69, 9.17) is 0 Å². The molecule has 4 rings (SSSR count). The van der Waals surface area contributed by atoms with Crippen LogP contribution in [0.2, 0.25) is 0 Å². The Kier molecular flexibility index (Phi) is 2.48. The van der Waals surface area contributed by atoms with Gasteiger partial charge in [-0.2, -0.15) is 0 Å². The lowest BCUT2D eigenvalue weighted by Gasteiger charge is -2.32. The van der Waals surface area contributed by atoms with Crippen LogP contribution in [0.4, 0.5) is 0 Å². The zero-order valence-corrected chi connectivity index (χ0v) is 11.8. The van der Waals surface area contributed by atoms with E-state index in [-0.39, 0.29) is 0 Å². The molecule has 0 spiro atoms. The van der Waals surface area contributed by atoms with Crippen molar-refractivity contribution in [2.75, 3.05) is 0 Å². The first kappa shape index (κ1) is 11.5. The molecule has 0 heterocycles. The summed E-state index contributed by atoms with van der Waals surface area (Å²) in [7, 11) is 0. The fraction of sp³-hybridized carbons (Fsp3) is 0.474. The first-order valence-electron chi connectivity index (χ1n) is 7.73. The third kappa shape index (κ3) is 1.59. The largest absolute Gasteiger partial charge is 0.0620 e. The van der Waals surface area contributed by atoms with Crippen LogP contribution < -0.4 is 0 Å². The van der Waals surface area contributed by atoms with Crippen molar-refractivity contribution in [2.45, 2.75) is 32.6 Å². The normalized spacial score (nSPS) is 37.1. The van der Waals surface area contributed by atoms with Crippen molar-refractivity contribution < 1.29 is 0 Å². The van der Waals surface area contributed by atoms with Gasteiger partial charge in [0.25, 0.3) is 0 Å². The molecule has 0 aliphatic heterocycles. The Hall–Kier alpha value is -1.30. The van der Waals surface area contributed by atoms with Gasteiger partial charge in [0.2, 0.25) is 0 Å². The lowest BCUT2D eigenvalue weighted by molar-refractivity contribution is 0.233. The number of rotatable bonds is 1. The number of benzene rings is 2. The molecule has 98 valence electrons. The minimum absolute atomic E-state index is 0.808. The Morgan fingerprint density at radius 2 is 1.63 bits per heavy atom. The maximum Gasteiger partial charge on any atom is -0.0122 e. The lowest BCUT2D eigenvalue weighted by atomic mass is 9.72. The molecule has 2 unspecified atom stereocenters. The average molecular weight is 250 g/mol. The Morgan fingerprint density at radius 3 is 2.42 bits per heavy atom. The zero-order chi connectivity index (χ0) is 13.0. The molecule has 0 aromatic heterocycles. The van der Waals surface area contributed by atoms with Crippen LogP contribution in [-0.4, -0.2) is 0 Å². The van der Waals surface area contributed by atoms with Crippen LogP contribution in [0, 0.1) is 23.7 Å². The van der Waals surface area contributed by atoms with Gasteiger partial charge < -0.3 is 0 Å². The Balaban J connectivity index is 1.80. The van der Waals surface area contributed by atoms with Gasteiger partial charge in [-0.3, -0.25) is 0 Å². The third-order valence-corrected chi connectivity index (χ3v) is 6.12. The van der Waals surface area contributed by atoms with Crippen LogP contribution in [0.3, 0.4) is 0 Å². The van der Waals surface area contributed by atoms with Crippen molar-refractivity contribution >= 4 is 10.8 Å². The maximum absolute atomic E-state index is 2.48. The quantitative estimate of drug-likeness (QED) is 0.649. The number of hydrogen-bond donors (Lipinski definition) is 0. The smallest absolute Gasteiger partial charge is 0.0122 e. The van der Waals surface area contributed by atoms with E-state index in [1.165, 1.54) is 23.6 Å². The first-order valence-corrected chi connectivity index (χ1v) is 7.73. The van der Waals surface area contributed by atoms with E-state index in [0.717, 1.165) is 29.6 Å². The molecule has 2 aliphatic carbocycles. The fourth-order valence-electron chi connectivity index (χ4n) is 4.87. The summed E-state index contributed by atoms with van der Waals surface area (Å²) >= 11 is 0. The summed E-state index contributed by atoms with van der Waals surface area (Å²) in [5, 5.41) is 2.89. The van der Waals surface area contributed by atoms with E-state index in [1.54, 1.807) is 5.56 Å². The van der Waals surface area contributed by atoms with E-state index in [1.807, 2.05) is 0 Å². The van der Waals surface area contributed by atoms with Crippen molar-refractivity contribution in [3.63, 3.8) is 0 Å². The average Bonchev–Trinajstić information content (AvgIpc) is 2.99. The van der Waals surface area contributed by atoms with Crippen molar-refractivity contribution in [2.24, 2.45) is 23.7 Å². The predicted octanol–water partition coefficient (Wildman–Crippen LogP) is 5.24. The molecule has 0 nitrogen and oxygen atoms in total. The number of hydrogen-bond acceptors (Lipinski definition) is 0. The number of fused-ring (bicyclic) bond motifs is 3. The van der Waals surface area contributed by atoms with Gasteiger partial charge in [0.05, 0.1) is 0 Å². The van der Waals surface area contributed by atoms with Gasteiger partial charge >= 0.3 is 0 Å².